The van der Waals surface area contributed by atoms with Crippen LogP contribution in [0.2, 0.25) is 5.02 Å². The summed E-state index contributed by atoms with van der Waals surface area (Å²) in [5.41, 5.74) is 1.09. The highest BCUT2D eigenvalue weighted by Gasteiger charge is 2.29. The number of sulfonamides is 1. The molecular weight excluding hydrogens is 502 g/mol. The molecule has 192 valence electrons. The zero-order valence-corrected chi connectivity index (χ0v) is 21.8. The summed E-state index contributed by atoms with van der Waals surface area (Å²) >= 11 is 5.88. The first-order valence-electron chi connectivity index (χ1n) is 12.0. The highest BCUT2D eigenvalue weighted by atomic mass is 35.5. The predicted molar refractivity (Wildman–Crippen MR) is 136 cm³/mol. The summed E-state index contributed by atoms with van der Waals surface area (Å²) in [6, 6.07) is 16.1. The number of carbonyl (C=O) groups is 1. The van der Waals surface area contributed by atoms with Crippen LogP contribution < -0.4 is 0 Å². The lowest BCUT2D eigenvalue weighted by Gasteiger charge is -2.33. The van der Waals surface area contributed by atoms with Crippen molar-refractivity contribution in [2.24, 2.45) is 0 Å². The summed E-state index contributed by atoms with van der Waals surface area (Å²) in [6.07, 6.45) is 0.674. The van der Waals surface area contributed by atoms with E-state index in [0.29, 0.717) is 75.4 Å². The Morgan fingerprint density at radius 1 is 1.06 bits per heavy atom. The number of hydrogen-bond acceptors (Lipinski definition) is 7. The smallest absolute Gasteiger partial charge is 0.243 e. The molecule has 1 fully saturated rings. The van der Waals surface area contributed by atoms with Gasteiger partial charge in [0.25, 0.3) is 0 Å². The largest absolute Gasteiger partial charge is 0.339 e. The maximum absolute atomic E-state index is 12.9. The highest BCUT2D eigenvalue weighted by molar-refractivity contribution is 7.89. The van der Waals surface area contributed by atoms with Crippen molar-refractivity contribution >= 4 is 27.5 Å². The minimum atomic E-state index is -3.55. The zero-order valence-electron chi connectivity index (χ0n) is 20.2. The molecule has 9 nitrogen and oxygen atoms in total. The quantitative estimate of drug-likeness (QED) is 0.396. The van der Waals surface area contributed by atoms with E-state index < -0.39 is 10.0 Å². The number of rotatable bonds is 10. The number of aromatic nitrogens is 2. The number of benzene rings is 2. The van der Waals surface area contributed by atoms with Crippen molar-refractivity contribution in [3.05, 3.63) is 76.9 Å². The number of hydrogen-bond donors (Lipinski definition) is 0. The normalized spacial score (nSPS) is 15.2. The molecule has 3 aromatic rings. The van der Waals surface area contributed by atoms with Gasteiger partial charge in [-0.3, -0.25) is 9.69 Å². The van der Waals surface area contributed by atoms with Crippen LogP contribution in [0.15, 0.2) is 64.0 Å². The summed E-state index contributed by atoms with van der Waals surface area (Å²) in [4.78, 5) is 21.2. The van der Waals surface area contributed by atoms with Crippen LogP contribution in [0.5, 0.6) is 0 Å². The highest BCUT2D eigenvalue weighted by Crippen LogP contribution is 2.20. The third kappa shape index (κ3) is 6.70. The van der Waals surface area contributed by atoms with Crippen molar-refractivity contribution in [2.45, 2.75) is 37.8 Å². The molecule has 0 spiro atoms. The molecule has 1 aliphatic heterocycles. The van der Waals surface area contributed by atoms with Crippen LogP contribution in [0.25, 0.3) is 0 Å². The maximum Gasteiger partial charge on any atom is 0.243 e. The van der Waals surface area contributed by atoms with Gasteiger partial charge in [0.1, 0.15) is 0 Å². The number of piperazine rings is 1. The molecule has 0 saturated carbocycles. The summed E-state index contributed by atoms with van der Waals surface area (Å²) in [5.74, 6) is 1.00. The Bertz CT molecular complexity index is 1240. The van der Waals surface area contributed by atoms with Crippen molar-refractivity contribution in [1.82, 2.24) is 24.2 Å². The first kappa shape index (κ1) is 26.3. The molecule has 1 amide bonds. The molecule has 2 aromatic carbocycles. The van der Waals surface area contributed by atoms with E-state index in [1.165, 1.54) is 16.4 Å². The third-order valence-corrected chi connectivity index (χ3v) is 8.33. The Hall–Kier alpha value is -2.79. The third-order valence-electron chi connectivity index (χ3n) is 6.16. The SMILES string of the molecule is CCN(Cc1ccccc1)C(=O)CCc1nc(CN2CCN(S(=O)(=O)c3ccc(Cl)cc3)CC2)no1. The fourth-order valence-electron chi connectivity index (χ4n) is 4.09. The van der Waals surface area contributed by atoms with Gasteiger partial charge in [0.05, 0.1) is 11.4 Å². The van der Waals surface area contributed by atoms with Gasteiger partial charge in [-0.2, -0.15) is 9.29 Å². The van der Waals surface area contributed by atoms with Crippen LogP contribution in [0.1, 0.15) is 30.6 Å². The van der Waals surface area contributed by atoms with Crippen molar-refractivity contribution in [2.75, 3.05) is 32.7 Å². The zero-order chi connectivity index (χ0) is 25.5. The van der Waals surface area contributed by atoms with Gasteiger partial charge in [-0.25, -0.2) is 8.42 Å². The van der Waals surface area contributed by atoms with E-state index in [4.69, 9.17) is 16.1 Å². The van der Waals surface area contributed by atoms with E-state index in [2.05, 4.69) is 15.0 Å². The molecule has 0 bridgehead atoms. The van der Waals surface area contributed by atoms with Crippen LogP contribution in [0.4, 0.5) is 0 Å². The van der Waals surface area contributed by atoms with E-state index in [-0.39, 0.29) is 10.8 Å². The van der Waals surface area contributed by atoms with Crippen molar-refractivity contribution in [1.29, 1.82) is 0 Å². The lowest BCUT2D eigenvalue weighted by molar-refractivity contribution is -0.131. The van der Waals surface area contributed by atoms with E-state index in [1.807, 2.05) is 42.2 Å². The molecule has 4 rings (SSSR count). The lowest BCUT2D eigenvalue weighted by atomic mass is 10.2. The Morgan fingerprint density at radius 2 is 1.75 bits per heavy atom. The van der Waals surface area contributed by atoms with Gasteiger partial charge in [0.2, 0.25) is 21.8 Å². The fraction of sp³-hybridized carbons (Fsp3) is 0.400. The monoisotopic (exact) mass is 531 g/mol. The van der Waals surface area contributed by atoms with Crippen molar-refractivity contribution < 1.29 is 17.7 Å². The molecule has 0 unspecified atom stereocenters. The van der Waals surface area contributed by atoms with E-state index >= 15 is 0 Å². The number of halogens is 1. The van der Waals surface area contributed by atoms with Gasteiger partial charge in [0.15, 0.2) is 5.82 Å². The molecule has 1 saturated heterocycles. The number of nitrogens with zero attached hydrogens (tertiary/aromatic N) is 5. The molecule has 11 heteroatoms. The van der Waals surface area contributed by atoms with Gasteiger partial charge in [-0.05, 0) is 36.8 Å². The first-order valence-corrected chi connectivity index (χ1v) is 13.8. The van der Waals surface area contributed by atoms with Gasteiger partial charge >= 0.3 is 0 Å². The molecule has 0 N–H and O–H groups in total. The molecule has 1 aliphatic rings. The molecule has 1 aromatic heterocycles. The molecule has 36 heavy (non-hydrogen) atoms. The van der Waals surface area contributed by atoms with E-state index in [1.54, 1.807) is 12.1 Å². The topological polar surface area (TPSA) is 99.9 Å². The van der Waals surface area contributed by atoms with Crippen LogP contribution in [0.3, 0.4) is 0 Å². The summed E-state index contributed by atoms with van der Waals surface area (Å²) in [6.45, 7) is 5.48. The van der Waals surface area contributed by atoms with Gasteiger partial charge in [-0.1, -0.05) is 47.1 Å². The lowest BCUT2D eigenvalue weighted by Crippen LogP contribution is -2.48. The van der Waals surface area contributed by atoms with Crippen molar-refractivity contribution in [3.63, 3.8) is 0 Å². The summed E-state index contributed by atoms with van der Waals surface area (Å²) in [7, 11) is -3.55. The summed E-state index contributed by atoms with van der Waals surface area (Å²) in [5, 5.41) is 4.55. The Balaban J connectivity index is 1.24. The second-order valence-corrected chi connectivity index (χ2v) is 11.0. The van der Waals surface area contributed by atoms with Gasteiger partial charge < -0.3 is 9.42 Å². The van der Waals surface area contributed by atoms with Crippen LogP contribution in [-0.4, -0.2) is 71.3 Å². The Labute approximate surface area is 216 Å². The van der Waals surface area contributed by atoms with Crippen LogP contribution in [0, 0.1) is 0 Å². The first-order chi connectivity index (χ1) is 17.3. The minimum absolute atomic E-state index is 0.0409. The predicted octanol–water partition coefficient (Wildman–Crippen LogP) is 3.21. The second-order valence-electron chi connectivity index (χ2n) is 8.63. The average molecular weight is 532 g/mol. The minimum Gasteiger partial charge on any atom is -0.339 e. The number of amides is 1. The molecule has 0 radical (unpaired) electrons. The van der Waals surface area contributed by atoms with Gasteiger partial charge in [-0.15, -0.1) is 0 Å². The molecule has 0 aliphatic carbocycles. The van der Waals surface area contributed by atoms with Crippen LogP contribution in [-0.2, 0) is 34.3 Å². The Kier molecular flexibility index (Phi) is 8.73. The van der Waals surface area contributed by atoms with E-state index in [9.17, 15) is 13.2 Å². The van der Waals surface area contributed by atoms with Crippen molar-refractivity contribution in [3.8, 4) is 0 Å². The fourth-order valence-corrected chi connectivity index (χ4v) is 5.64. The standard InChI is InChI=1S/C25H30ClN5O4S/c1-2-30(18-20-6-4-3-5-7-20)25(32)13-12-24-27-23(28-35-24)19-29-14-16-31(17-15-29)36(33,34)22-10-8-21(26)9-11-22/h3-11H,2,12-19H2,1H3. The van der Waals surface area contributed by atoms with E-state index in [0.717, 1.165) is 5.56 Å². The molecule has 0 atom stereocenters. The molecular formula is C25H30ClN5O4S. The van der Waals surface area contributed by atoms with Crippen LogP contribution >= 0.6 is 11.6 Å². The number of aryl methyl sites for hydroxylation is 1. The maximum atomic E-state index is 12.9. The molecule has 2 heterocycles. The average Bonchev–Trinajstić information content (AvgIpc) is 3.34. The second kappa shape index (κ2) is 12.0. The number of carbonyl (C=O) groups excluding carboxylic acids is 1. The van der Waals surface area contributed by atoms with Gasteiger partial charge in [0, 0.05) is 57.1 Å². The Morgan fingerprint density at radius 3 is 2.42 bits per heavy atom. The summed E-state index contributed by atoms with van der Waals surface area (Å²) < 4.78 is 32.6.